The molecule has 4 heteroatoms. The number of esters is 1. The fraction of sp³-hybridized carbons (Fsp3) is 0.308. The van der Waals surface area contributed by atoms with Crippen LogP contribution in [0.2, 0.25) is 5.02 Å². The van der Waals surface area contributed by atoms with E-state index in [9.17, 15) is 4.79 Å². The highest BCUT2D eigenvalue weighted by Gasteiger charge is 2.13. The third-order valence-corrected chi connectivity index (χ3v) is 2.69. The van der Waals surface area contributed by atoms with Crippen LogP contribution in [0, 0.1) is 0 Å². The van der Waals surface area contributed by atoms with Gasteiger partial charge < -0.3 is 4.74 Å². The van der Waals surface area contributed by atoms with Gasteiger partial charge in [0.1, 0.15) is 5.60 Å². The van der Waals surface area contributed by atoms with E-state index in [1.165, 1.54) is 6.08 Å². The molecular weight excluding hydrogens is 303 g/mol. The monoisotopic (exact) mass is 316 g/mol. The molecule has 0 heterocycles. The van der Waals surface area contributed by atoms with Gasteiger partial charge in [0.05, 0.1) is 0 Å². The van der Waals surface area contributed by atoms with Crippen molar-refractivity contribution in [2.75, 3.05) is 0 Å². The van der Waals surface area contributed by atoms with Crippen molar-refractivity contribution in [1.82, 2.24) is 0 Å². The van der Waals surface area contributed by atoms with Crippen molar-refractivity contribution in [1.29, 1.82) is 0 Å². The van der Waals surface area contributed by atoms with Crippen molar-refractivity contribution in [2.24, 2.45) is 0 Å². The Morgan fingerprint density at radius 3 is 2.59 bits per heavy atom. The van der Waals surface area contributed by atoms with E-state index in [1.807, 2.05) is 26.8 Å². The molecule has 0 aliphatic rings. The number of hydrogen-bond donors (Lipinski definition) is 0. The maximum Gasteiger partial charge on any atom is 0.331 e. The molecule has 0 spiro atoms. The van der Waals surface area contributed by atoms with Crippen molar-refractivity contribution in [3.8, 4) is 0 Å². The molecule has 0 N–H and O–H groups in total. The third-order valence-electron chi connectivity index (χ3n) is 1.77. The van der Waals surface area contributed by atoms with Crippen LogP contribution in [-0.2, 0) is 9.53 Å². The second kappa shape index (κ2) is 5.69. The van der Waals surface area contributed by atoms with Crippen LogP contribution < -0.4 is 0 Å². The number of halogens is 2. The quantitative estimate of drug-likeness (QED) is 0.595. The largest absolute Gasteiger partial charge is 0.457 e. The van der Waals surface area contributed by atoms with Crippen molar-refractivity contribution in [3.05, 3.63) is 39.3 Å². The Morgan fingerprint density at radius 2 is 2.06 bits per heavy atom. The maximum atomic E-state index is 11.5. The second-order valence-electron chi connectivity index (χ2n) is 4.53. The summed E-state index contributed by atoms with van der Waals surface area (Å²) in [4.78, 5) is 11.5. The molecule has 0 aliphatic heterocycles. The van der Waals surface area contributed by atoms with Gasteiger partial charge in [-0.05, 0) is 44.5 Å². The van der Waals surface area contributed by atoms with E-state index in [4.69, 9.17) is 16.3 Å². The van der Waals surface area contributed by atoms with E-state index >= 15 is 0 Å². The summed E-state index contributed by atoms with van der Waals surface area (Å²) < 4.78 is 5.99. The summed E-state index contributed by atoms with van der Waals surface area (Å²) in [6.07, 6.45) is 3.09. The van der Waals surface area contributed by atoms with Crippen LogP contribution in [0.25, 0.3) is 6.08 Å². The number of benzene rings is 1. The van der Waals surface area contributed by atoms with Gasteiger partial charge in [-0.1, -0.05) is 33.6 Å². The highest BCUT2D eigenvalue weighted by Crippen LogP contribution is 2.22. The number of rotatable bonds is 2. The lowest BCUT2D eigenvalue weighted by Gasteiger charge is -2.17. The molecule has 0 aliphatic carbocycles. The molecule has 17 heavy (non-hydrogen) atoms. The fourth-order valence-corrected chi connectivity index (χ4v) is 1.95. The zero-order chi connectivity index (χ0) is 13.1. The Bertz CT molecular complexity index is 447. The number of ether oxygens (including phenoxy) is 1. The van der Waals surface area contributed by atoms with E-state index in [0.717, 1.165) is 10.0 Å². The molecule has 1 aromatic rings. The number of carbonyl (C=O) groups is 1. The van der Waals surface area contributed by atoms with Gasteiger partial charge in [-0.3, -0.25) is 0 Å². The lowest BCUT2D eigenvalue weighted by atomic mass is 10.2. The summed E-state index contributed by atoms with van der Waals surface area (Å²) in [6.45, 7) is 5.49. The first-order chi connectivity index (χ1) is 7.78. The topological polar surface area (TPSA) is 26.3 Å². The molecular formula is C13H14BrClO2. The average molecular weight is 318 g/mol. The van der Waals surface area contributed by atoms with Crippen LogP contribution in [0.3, 0.4) is 0 Å². The first-order valence-electron chi connectivity index (χ1n) is 5.14. The minimum absolute atomic E-state index is 0.362. The van der Waals surface area contributed by atoms with Crippen molar-refractivity contribution < 1.29 is 9.53 Å². The summed E-state index contributed by atoms with van der Waals surface area (Å²) in [7, 11) is 0. The Balaban J connectivity index is 2.74. The van der Waals surface area contributed by atoms with E-state index in [1.54, 1.807) is 18.2 Å². The summed E-state index contributed by atoms with van der Waals surface area (Å²) in [5.74, 6) is -0.362. The molecule has 0 atom stereocenters. The number of hydrogen-bond acceptors (Lipinski definition) is 2. The average Bonchev–Trinajstić information content (AvgIpc) is 2.13. The Hall–Kier alpha value is -0.800. The Kier molecular flexibility index (Phi) is 4.78. The van der Waals surface area contributed by atoms with E-state index in [-0.39, 0.29) is 5.97 Å². The summed E-state index contributed by atoms with van der Waals surface area (Å²) in [5, 5.41) is 0.645. The zero-order valence-electron chi connectivity index (χ0n) is 9.96. The minimum atomic E-state index is -0.474. The molecule has 0 radical (unpaired) electrons. The predicted octanol–water partition coefficient (Wildman–Crippen LogP) is 4.46. The second-order valence-corrected chi connectivity index (χ2v) is 5.82. The first-order valence-corrected chi connectivity index (χ1v) is 6.31. The predicted molar refractivity (Wildman–Crippen MR) is 74.0 cm³/mol. The van der Waals surface area contributed by atoms with Gasteiger partial charge in [0.2, 0.25) is 0 Å². The summed E-state index contributed by atoms with van der Waals surface area (Å²) in [5.41, 5.74) is 0.402. The molecule has 0 fully saturated rings. The van der Waals surface area contributed by atoms with Gasteiger partial charge in [-0.15, -0.1) is 0 Å². The molecule has 0 bridgehead atoms. The van der Waals surface area contributed by atoms with Gasteiger partial charge in [-0.2, -0.15) is 0 Å². The maximum absolute atomic E-state index is 11.5. The van der Waals surface area contributed by atoms with Gasteiger partial charge in [0, 0.05) is 15.6 Å². The van der Waals surface area contributed by atoms with Gasteiger partial charge >= 0.3 is 5.97 Å². The molecule has 92 valence electrons. The van der Waals surface area contributed by atoms with Gasteiger partial charge in [-0.25, -0.2) is 4.79 Å². The van der Waals surface area contributed by atoms with Crippen molar-refractivity contribution >= 4 is 39.6 Å². The number of carbonyl (C=O) groups excluding carboxylic acids is 1. The standard InChI is InChI=1S/C13H14BrClO2/c1-13(2,3)17-12(16)7-5-9-4-6-10(15)8-11(9)14/h4-8H,1-3H3. The highest BCUT2D eigenvalue weighted by atomic mass is 79.9. The zero-order valence-corrected chi connectivity index (χ0v) is 12.3. The third kappa shape index (κ3) is 5.37. The lowest BCUT2D eigenvalue weighted by Crippen LogP contribution is -2.22. The van der Waals surface area contributed by atoms with Crippen LogP contribution in [-0.4, -0.2) is 11.6 Å². The van der Waals surface area contributed by atoms with E-state index in [2.05, 4.69) is 15.9 Å². The van der Waals surface area contributed by atoms with Crippen LogP contribution in [0.4, 0.5) is 0 Å². The molecule has 2 nitrogen and oxygen atoms in total. The normalized spacial score (nSPS) is 11.8. The molecule has 0 saturated carbocycles. The smallest absolute Gasteiger partial charge is 0.331 e. The van der Waals surface area contributed by atoms with Crippen LogP contribution >= 0.6 is 27.5 Å². The summed E-state index contributed by atoms with van der Waals surface area (Å²) >= 11 is 9.19. The molecule has 0 amide bonds. The molecule has 1 rings (SSSR count). The Morgan fingerprint density at radius 1 is 1.41 bits per heavy atom. The molecule has 0 saturated heterocycles. The van der Waals surface area contributed by atoms with Gasteiger partial charge in [0.15, 0.2) is 0 Å². The van der Waals surface area contributed by atoms with Crippen molar-refractivity contribution in [3.63, 3.8) is 0 Å². The first kappa shape index (κ1) is 14.3. The SMILES string of the molecule is CC(C)(C)OC(=O)C=Cc1ccc(Cl)cc1Br. The van der Waals surface area contributed by atoms with Crippen molar-refractivity contribution in [2.45, 2.75) is 26.4 Å². The van der Waals surface area contributed by atoms with E-state index < -0.39 is 5.60 Å². The fourth-order valence-electron chi connectivity index (χ4n) is 1.13. The lowest BCUT2D eigenvalue weighted by molar-refractivity contribution is -0.148. The van der Waals surface area contributed by atoms with Crippen LogP contribution in [0.5, 0.6) is 0 Å². The van der Waals surface area contributed by atoms with Crippen LogP contribution in [0.1, 0.15) is 26.3 Å². The highest BCUT2D eigenvalue weighted by molar-refractivity contribution is 9.10. The van der Waals surface area contributed by atoms with Gasteiger partial charge in [0.25, 0.3) is 0 Å². The molecule has 0 aromatic heterocycles. The molecule has 1 aromatic carbocycles. The molecule has 0 unspecified atom stereocenters. The minimum Gasteiger partial charge on any atom is -0.457 e. The van der Waals surface area contributed by atoms with Crippen LogP contribution in [0.15, 0.2) is 28.7 Å². The summed E-state index contributed by atoms with van der Waals surface area (Å²) in [6, 6.07) is 5.37. The Labute approximate surface area is 115 Å². The van der Waals surface area contributed by atoms with E-state index in [0.29, 0.717) is 5.02 Å².